The van der Waals surface area contributed by atoms with Gasteiger partial charge in [0.25, 0.3) is 5.91 Å². The summed E-state index contributed by atoms with van der Waals surface area (Å²) in [6, 6.07) is 11.7. The Morgan fingerprint density at radius 1 is 1.14 bits per heavy atom. The molecule has 8 heteroatoms. The van der Waals surface area contributed by atoms with Crippen LogP contribution in [0.3, 0.4) is 0 Å². The molecule has 8 nitrogen and oxygen atoms in total. The van der Waals surface area contributed by atoms with Crippen molar-refractivity contribution in [1.29, 1.82) is 5.26 Å². The highest BCUT2D eigenvalue weighted by Gasteiger charge is 2.27. The minimum Gasteiger partial charge on any atom is -0.497 e. The molecule has 186 valence electrons. The zero-order valence-electron chi connectivity index (χ0n) is 21.3. The number of hydrogen-bond acceptors (Lipinski definition) is 5. The predicted octanol–water partition coefficient (Wildman–Crippen LogP) is 4.53. The number of nitrogens with zero attached hydrogens (tertiary/aromatic N) is 3. The number of carbonyl (C=O) groups is 2. The van der Waals surface area contributed by atoms with E-state index < -0.39 is 11.7 Å². The fraction of sp³-hybridized carbons (Fsp3) is 0.444. The van der Waals surface area contributed by atoms with Gasteiger partial charge in [0.1, 0.15) is 23.0 Å². The topological polar surface area (TPSA) is 96.6 Å². The molecular weight excluding hydrogens is 444 g/mol. The molecule has 0 saturated carbocycles. The lowest BCUT2D eigenvalue weighted by Crippen LogP contribution is -2.47. The molecule has 0 atom stereocenters. The third-order valence-corrected chi connectivity index (χ3v) is 5.95. The summed E-state index contributed by atoms with van der Waals surface area (Å²) < 4.78 is 12.6. The van der Waals surface area contributed by atoms with E-state index in [9.17, 15) is 14.9 Å². The highest BCUT2D eigenvalue weighted by atomic mass is 16.6. The van der Waals surface area contributed by atoms with Crippen molar-refractivity contribution in [3.8, 4) is 17.5 Å². The number of benzene rings is 1. The van der Waals surface area contributed by atoms with E-state index in [0.717, 1.165) is 28.4 Å². The molecule has 1 aromatic carbocycles. The monoisotopic (exact) mass is 478 g/mol. The quantitative estimate of drug-likeness (QED) is 0.503. The number of rotatable bonds is 5. The van der Waals surface area contributed by atoms with Crippen molar-refractivity contribution in [3.05, 3.63) is 52.9 Å². The largest absolute Gasteiger partial charge is 0.497 e. The molecule has 1 aliphatic heterocycles. The minimum absolute atomic E-state index is 0.0631. The fourth-order valence-corrected chi connectivity index (χ4v) is 4.23. The fourth-order valence-electron chi connectivity index (χ4n) is 4.23. The normalized spacial score (nSPS) is 14.9. The van der Waals surface area contributed by atoms with Crippen LogP contribution in [0, 0.1) is 25.2 Å². The van der Waals surface area contributed by atoms with E-state index in [1.54, 1.807) is 18.1 Å². The van der Waals surface area contributed by atoms with Gasteiger partial charge in [-0.25, -0.2) is 4.79 Å². The van der Waals surface area contributed by atoms with E-state index >= 15 is 0 Å². The third-order valence-electron chi connectivity index (χ3n) is 5.95. The van der Waals surface area contributed by atoms with Crippen molar-refractivity contribution in [2.75, 3.05) is 20.2 Å². The van der Waals surface area contributed by atoms with Crippen molar-refractivity contribution >= 4 is 18.1 Å². The summed E-state index contributed by atoms with van der Waals surface area (Å²) in [5, 5.41) is 12.6. The Hall–Kier alpha value is -3.73. The van der Waals surface area contributed by atoms with Gasteiger partial charge in [-0.05, 0) is 89.4 Å². The molecule has 0 unspecified atom stereocenters. The molecule has 35 heavy (non-hydrogen) atoms. The number of aromatic nitrogens is 1. The van der Waals surface area contributed by atoms with E-state index in [2.05, 4.69) is 16.0 Å². The zero-order chi connectivity index (χ0) is 25.8. The molecule has 2 amide bonds. The summed E-state index contributed by atoms with van der Waals surface area (Å²) in [6.45, 7) is 10.3. The van der Waals surface area contributed by atoms with Crippen molar-refractivity contribution in [2.45, 2.75) is 59.1 Å². The number of likely N-dealkylation sites (tertiary alicyclic amines) is 1. The van der Waals surface area contributed by atoms with Crippen LogP contribution in [-0.4, -0.2) is 53.3 Å². The first kappa shape index (κ1) is 25.9. The summed E-state index contributed by atoms with van der Waals surface area (Å²) in [4.78, 5) is 26.8. The zero-order valence-corrected chi connectivity index (χ0v) is 21.3. The van der Waals surface area contributed by atoms with E-state index in [0.29, 0.717) is 25.9 Å². The van der Waals surface area contributed by atoms with Gasteiger partial charge in [0.05, 0.1) is 7.11 Å². The lowest BCUT2D eigenvalue weighted by molar-refractivity contribution is -0.127. The number of hydrogen-bond donors (Lipinski definition) is 1. The SMILES string of the molecule is COc1ccc(-n2c(C)cc(/C=C(/C#N)C(=O)N3CCC(NC(=O)OC(C)(C)C)CC3)c2C)cc1. The first-order valence-corrected chi connectivity index (χ1v) is 11.8. The summed E-state index contributed by atoms with van der Waals surface area (Å²) in [5.74, 6) is 0.483. The van der Waals surface area contributed by atoms with Crippen molar-refractivity contribution in [1.82, 2.24) is 14.8 Å². The van der Waals surface area contributed by atoms with Gasteiger partial charge in [-0.3, -0.25) is 4.79 Å². The van der Waals surface area contributed by atoms with Crippen LogP contribution in [0.25, 0.3) is 11.8 Å². The van der Waals surface area contributed by atoms with Gasteiger partial charge in [0.15, 0.2) is 0 Å². The van der Waals surface area contributed by atoms with Crippen LogP contribution in [0.2, 0.25) is 0 Å². The van der Waals surface area contributed by atoms with Crippen molar-refractivity contribution in [2.24, 2.45) is 0 Å². The van der Waals surface area contributed by atoms with Crippen LogP contribution >= 0.6 is 0 Å². The van der Waals surface area contributed by atoms with Gasteiger partial charge < -0.3 is 24.3 Å². The number of alkyl carbamates (subject to hydrolysis) is 1. The van der Waals surface area contributed by atoms with Crippen molar-refractivity contribution in [3.63, 3.8) is 0 Å². The highest BCUT2D eigenvalue weighted by molar-refractivity contribution is 6.02. The highest BCUT2D eigenvalue weighted by Crippen LogP contribution is 2.25. The molecule has 3 rings (SSSR count). The molecule has 1 fully saturated rings. The van der Waals surface area contributed by atoms with E-state index in [4.69, 9.17) is 9.47 Å². The van der Waals surface area contributed by atoms with Gasteiger partial charge in [-0.1, -0.05) is 0 Å². The molecule has 0 aliphatic carbocycles. The Morgan fingerprint density at radius 3 is 2.31 bits per heavy atom. The summed E-state index contributed by atoms with van der Waals surface area (Å²) in [7, 11) is 1.63. The van der Waals surface area contributed by atoms with E-state index in [1.165, 1.54) is 0 Å². The Kier molecular flexibility index (Phi) is 7.90. The average molecular weight is 479 g/mol. The molecule has 2 aromatic rings. The smallest absolute Gasteiger partial charge is 0.407 e. The standard InChI is InChI=1S/C27H34N4O4/c1-18-15-20(19(2)31(18)23-7-9-24(34-6)10-8-23)16-21(17-28)25(32)30-13-11-22(12-14-30)29-26(33)35-27(3,4)5/h7-10,15-16,22H,11-14H2,1-6H3,(H,29,33)/b21-16-. The molecular formula is C27H34N4O4. The Bertz CT molecular complexity index is 1140. The molecule has 1 saturated heterocycles. The number of methoxy groups -OCH3 is 1. The Balaban J connectivity index is 1.70. The first-order valence-electron chi connectivity index (χ1n) is 11.8. The maximum Gasteiger partial charge on any atom is 0.407 e. The second-order valence-electron chi connectivity index (χ2n) is 9.74. The number of carbonyl (C=O) groups excluding carboxylic acids is 2. The molecule has 1 aliphatic rings. The second kappa shape index (κ2) is 10.7. The number of ether oxygens (including phenoxy) is 2. The number of nitrogens with one attached hydrogen (secondary N) is 1. The molecule has 1 aromatic heterocycles. The van der Waals surface area contributed by atoms with Crippen LogP contribution in [0.15, 0.2) is 35.9 Å². The van der Waals surface area contributed by atoms with Gasteiger partial charge in [0.2, 0.25) is 0 Å². The first-order chi connectivity index (χ1) is 16.5. The minimum atomic E-state index is -0.559. The lowest BCUT2D eigenvalue weighted by Gasteiger charge is -2.32. The molecule has 0 radical (unpaired) electrons. The summed E-state index contributed by atoms with van der Waals surface area (Å²) >= 11 is 0. The summed E-state index contributed by atoms with van der Waals surface area (Å²) in [5.41, 5.74) is 3.27. The van der Waals surface area contributed by atoms with Gasteiger partial charge in [-0.2, -0.15) is 5.26 Å². The number of nitriles is 1. The maximum absolute atomic E-state index is 13.1. The van der Waals surface area contributed by atoms with Gasteiger partial charge >= 0.3 is 6.09 Å². The van der Waals surface area contributed by atoms with Crippen LogP contribution < -0.4 is 10.1 Å². The number of piperidine rings is 1. The third kappa shape index (κ3) is 6.44. The van der Waals surface area contributed by atoms with Crippen LogP contribution in [-0.2, 0) is 9.53 Å². The second-order valence-corrected chi connectivity index (χ2v) is 9.74. The Morgan fingerprint density at radius 2 is 1.77 bits per heavy atom. The molecule has 1 N–H and O–H groups in total. The molecule has 0 spiro atoms. The lowest BCUT2D eigenvalue weighted by atomic mass is 10.0. The predicted molar refractivity (Wildman–Crippen MR) is 134 cm³/mol. The van der Waals surface area contributed by atoms with Gasteiger partial charge in [0, 0.05) is 36.2 Å². The van der Waals surface area contributed by atoms with Gasteiger partial charge in [-0.15, -0.1) is 0 Å². The van der Waals surface area contributed by atoms with Crippen LogP contribution in [0.1, 0.15) is 50.6 Å². The molecule has 0 bridgehead atoms. The van der Waals surface area contributed by atoms with Crippen LogP contribution in [0.4, 0.5) is 4.79 Å². The molecule has 2 heterocycles. The van der Waals surface area contributed by atoms with Crippen LogP contribution in [0.5, 0.6) is 5.75 Å². The van der Waals surface area contributed by atoms with E-state index in [1.807, 2.05) is 65.0 Å². The Labute approximate surface area is 207 Å². The number of aryl methyl sites for hydroxylation is 1. The number of amides is 2. The summed E-state index contributed by atoms with van der Waals surface area (Å²) in [6.07, 6.45) is 2.42. The van der Waals surface area contributed by atoms with E-state index in [-0.39, 0.29) is 17.5 Å². The average Bonchev–Trinajstić information content (AvgIpc) is 3.08. The van der Waals surface area contributed by atoms with Crippen molar-refractivity contribution < 1.29 is 19.1 Å². The maximum atomic E-state index is 13.1.